The average molecular weight is 619 g/mol. The monoisotopic (exact) mass is 618 g/mol. The summed E-state index contributed by atoms with van der Waals surface area (Å²) in [6.07, 6.45) is 2.10. The second-order valence-corrected chi connectivity index (χ2v) is 37.5. The summed E-state index contributed by atoms with van der Waals surface area (Å²) >= 11 is 0. The van der Waals surface area contributed by atoms with Crippen LogP contribution in [0.4, 0.5) is 0 Å². The van der Waals surface area contributed by atoms with E-state index in [1.165, 1.54) is 44.5 Å². The van der Waals surface area contributed by atoms with Crippen molar-refractivity contribution in [3.63, 3.8) is 0 Å². The molecule has 0 heterocycles. The normalized spacial score (nSPS) is 14.5. The Hall–Kier alpha value is -2.25. The van der Waals surface area contributed by atoms with Crippen molar-refractivity contribution >= 4 is 53.0 Å². The summed E-state index contributed by atoms with van der Waals surface area (Å²) in [6, 6.07) is 25.4. The third-order valence-corrected chi connectivity index (χ3v) is 17.9. The van der Waals surface area contributed by atoms with Crippen LogP contribution in [0.15, 0.2) is 60.7 Å². The molecule has 0 saturated carbocycles. The molecule has 0 nitrogen and oxygen atoms in total. The maximum Gasteiger partial charge on any atom is 0.0776 e. The molecule has 0 unspecified atom stereocenters. The molecule has 0 aromatic heterocycles. The van der Waals surface area contributed by atoms with Crippen molar-refractivity contribution in [1.82, 2.24) is 0 Å². The van der Waals surface area contributed by atoms with E-state index in [-0.39, 0.29) is 0 Å². The van der Waals surface area contributed by atoms with Crippen LogP contribution in [0.2, 0.25) is 78.6 Å². The predicted octanol–water partition coefficient (Wildman–Crippen LogP) is 8.68. The first kappa shape index (κ1) is 29.8. The highest BCUT2D eigenvalue weighted by atomic mass is 28.3. The van der Waals surface area contributed by atoms with Crippen LogP contribution >= 0.6 is 0 Å². The van der Waals surface area contributed by atoms with Crippen LogP contribution in [0.3, 0.4) is 0 Å². The van der Waals surface area contributed by atoms with Crippen molar-refractivity contribution in [2.45, 2.75) is 91.4 Å². The number of rotatable bonds is 5. The van der Waals surface area contributed by atoms with Crippen molar-refractivity contribution < 1.29 is 0 Å². The second-order valence-electron chi connectivity index (χ2n) is 17.2. The lowest BCUT2D eigenvalue weighted by atomic mass is 9.90. The van der Waals surface area contributed by atoms with Gasteiger partial charge in [0.15, 0.2) is 0 Å². The van der Waals surface area contributed by atoms with E-state index < -0.39 is 32.3 Å². The molecule has 0 spiro atoms. The molecular formula is C38H50Si4. The Labute approximate surface area is 259 Å². The van der Waals surface area contributed by atoms with Crippen molar-refractivity contribution in [3.05, 3.63) is 82.9 Å². The first-order valence-corrected chi connectivity index (χ1v) is 29.9. The molecule has 42 heavy (non-hydrogen) atoms. The van der Waals surface area contributed by atoms with Gasteiger partial charge in [0.2, 0.25) is 0 Å². The van der Waals surface area contributed by atoms with E-state index in [0.717, 1.165) is 12.8 Å². The number of fused-ring (bicyclic) bond motifs is 6. The van der Waals surface area contributed by atoms with Gasteiger partial charge in [-0.15, -0.1) is 0 Å². The van der Waals surface area contributed by atoms with E-state index in [0.29, 0.717) is 0 Å². The Balaban J connectivity index is 1.65. The highest BCUT2D eigenvalue weighted by Gasteiger charge is 2.32. The van der Waals surface area contributed by atoms with E-state index >= 15 is 0 Å². The summed E-state index contributed by atoms with van der Waals surface area (Å²) in [7, 11) is -5.93. The minimum Gasteiger partial charge on any atom is -0.0656 e. The summed E-state index contributed by atoms with van der Waals surface area (Å²) in [5, 5.41) is 6.33. The van der Waals surface area contributed by atoms with Gasteiger partial charge in [-0.2, -0.15) is 0 Å². The molecule has 218 valence electrons. The van der Waals surface area contributed by atoms with Crippen LogP contribution < -0.4 is 20.7 Å². The highest BCUT2D eigenvalue weighted by molar-refractivity contribution is 6.90. The van der Waals surface area contributed by atoms with Gasteiger partial charge in [0.1, 0.15) is 0 Å². The molecular weight excluding hydrogens is 569 g/mol. The van der Waals surface area contributed by atoms with Gasteiger partial charge in [-0.3, -0.25) is 0 Å². The molecule has 6 rings (SSSR count). The molecule has 2 aliphatic carbocycles. The standard InChI is InChI=1S/C38H50Si4/c1-39(2,3)27-15-13-25-17-33-35(31(25)19-27)21-29(41(7,8)9)23-37(33)38-24-30(42(10,11)12)22-36-32-20-28(40(4,5)6)16-14-26(32)18-34(36)38/h13-16,19-24H,17-18H2,1-12H3. The Bertz CT molecular complexity index is 1620. The Morgan fingerprint density at radius 3 is 0.881 bits per heavy atom. The van der Waals surface area contributed by atoms with Crippen molar-refractivity contribution in [1.29, 1.82) is 0 Å². The zero-order chi connectivity index (χ0) is 30.6. The molecule has 0 aliphatic heterocycles. The van der Waals surface area contributed by atoms with Crippen molar-refractivity contribution in [3.8, 4) is 33.4 Å². The van der Waals surface area contributed by atoms with Gasteiger partial charge < -0.3 is 0 Å². The number of benzene rings is 4. The summed E-state index contributed by atoms with van der Waals surface area (Å²) in [5.74, 6) is 0. The zero-order valence-electron chi connectivity index (χ0n) is 28.2. The van der Waals surface area contributed by atoms with Crippen LogP contribution in [-0.4, -0.2) is 32.3 Å². The predicted molar refractivity (Wildman–Crippen MR) is 200 cm³/mol. The molecule has 0 amide bonds. The lowest BCUT2D eigenvalue weighted by Gasteiger charge is -2.25. The summed E-state index contributed by atoms with van der Waals surface area (Å²) in [4.78, 5) is 0. The molecule has 0 fully saturated rings. The molecule has 4 aromatic carbocycles. The fourth-order valence-electron chi connectivity index (χ4n) is 6.83. The van der Waals surface area contributed by atoms with Crippen molar-refractivity contribution in [2.24, 2.45) is 0 Å². The van der Waals surface area contributed by atoms with Crippen molar-refractivity contribution in [2.75, 3.05) is 0 Å². The van der Waals surface area contributed by atoms with Gasteiger partial charge in [-0.05, 0) is 68.5 Å². The first-order valence-electron chi connectivity index (χ1n) is 15.9. The average Bonchev–Trinajstić information content (AvgIpc) is 3.43. The van der Waals surface area contributed by atoms with E-state index in [2.05, 4.69) is 139 Å². The first-order chi connectivity index (χ1) is 19.3. The van der Waals surface area contributed by atoms with Crippen LogP contribution in [0, 0.1) is 0 Å². The fourth-order valence-corrected chi connectivity index (χ4v) is 11.5. The highest BCUT2D eigenvalue weighted by Crippen LogP contribution is 2.46. The molecule has 4 heteroatoms. The summed E-state index contributed by atoms with van der Waals surface area (Å²) in [6.45, 7) is 30.0. The van der Waals surface area contributed by atoms with Gasteiger partial charge >= 0.3 is 0 Å². The van der Waals surface area contributed by atoms with Gasteiger partial charge in [-0.1, -0.05) is 160 Å². The maximum atomic E-state index is 2.64. The maximum absolute atomic E-state index is 2.64. The molecule has 0 bridgehead atoms. The fraction of sp³-hybridized carbons (Fsp3) is 0.368. The topological polar surface area (TPSA) is 0 Å². The minimum atomic E-state index is -1.56. The van der Waals surface area contributed by atoms with Crippen LogP contribution in [-0.2, 0) is 12.8 Å². The minimum absolute atomic E-state index is 1.05. The zero-order valence-corrected chi connectivity index (χ0v) is 32.2. The summed E-state index contributed by atoms with van der Waals surface area (Å²) < 4.78 is 0. The lowest BCUT2D eigenvalue weighted by Crippen LogP contribution is -2.39. The number of hydrogen-bond donors (Lipinski definition) is 0. The Morgan fingerprint density at radius 1 is 0.333 bits per heavy atom. The van der Waals surface area contributed by atoms with Gasteiger partial charge in [-0.25, -0.2) is 0 Å². The van der Waals surface area contributed by atoms with E-state index in [4.69, 9.17) is 0 Å². The van der Waals surface area contributed by atoms with E-state index in [1.54, 1.807) is 31.9 Å². The third kappa shape index (κ3) is 5.12. The molecule has 0 radical (unpaired) electrons. The molecule has 0 saturated heterocycles. The lowest BCUT2D eigenvalue weighted by molar-refractivity contribution is 1.24. The van der Waals surface area contributed by atoms with Crippen LogP contribution in [0.25, 0.3) is 33.4 Å². The number of hydrogen-bond acceptors (Lipinski definition) is 0. The van der Waals surface area contributed by atoms with Crippen LogP contribution in [0.1, 0.15) is 22.3 Å². The summed E-state index contributed by atoms with van der Waals surface area (Å²) in [5.41, 5.74) is 15.2. The molecule has 0 atom stereocenters. The molecule has 0 N–H and O–H groups in total. The van der Waals surface area contributed by atoms with Gasteiger partial charge in [0.05, 0.1) is 32.3 Å². The largest absolute Gasteiger partial charge is 0.0776 e. The second kappa shape index (κ2) is 9.62. The van der Waals surface area contributed by atoms with Crippen LogP contribution in [0.5, 0.6) is 0 Å². The smallest absolute Gasteiger partial charge is 0.0656 e. The third-order valence-electron chi connectivity index (χ3n) is 9.79. The van der Waals surface area contributed by atoms with Gasteiger partial charge in [0, 0.05) is 0 Å². The molecule has 2 aliphatic rings. The van der Waals surface area contributed by atoms with Gasteiger partial charge in [0.25, 0.3) is 0 Å². The Morgan fingerprint density at radius 2 is 0.595 bits per heavy atom. The molecule has 4 aromatic rings. The quantitative estimate of drug-likeness (QED) is 0.170. The van der Waals surface area contributed by atoms with E-state index in [1.807, 2.05) is 0 Å². The van der Waals surface area contributed by atoms with E-state index in [9.17, 15) is 0 Å². The Kier molecular flexibility index (Phi) is 6.83. The SMILES string of the molecule is C[Si](C)(C)c1ccc2c(c1)-c1cc([Si](C)(C)C)cc(-c3cc([Si](C)(C)C)cc4c3Cc3ccc([Si](C)(C)C)cc3-4)c1C2.